The number of aromatic nitrogens is 4. The summed E-state index contributed by atoms with van der Waals surface area (Å²) >= 11 is 0. The van der Waals surface area contributed by atoms with E-state index in [1.54, 1.807) is 0 Å². The monoisotopic (exact) mass is 1120 g/mol. The van der Waals surface area contributed by atoms with E-state index < -0.39 is 5.41 Å². The van der Waals surface area contributed by atoms with Crippen molar-refractivity contribution in [2.45, 2.75) is 31.1 Å². The van der Waals surface area contributed by atoms with Crippen LogP contribution in [0.25, 0.3) is 117 Å². The molecule has 0 saturated heterocycles. The van der Waals surface area contributed by atoms with E-state index >= 15 is 0 Å². The number of nitrogens with zero attached hydrogens (tertiary/aromatic N) is 4. The third-order valence-electron chi connectivity index (χ3n) is 18.9. The molecule has 0 fully saturated rings. The van der Waals surface area contributed by atoms with Gasteiger partial charge in [-0.05, 0) is 143 Å². The molecule has 0 aliphatic heterocycles. The highest BCUT2D eigenvalue weighted by Gasteiger charge is 2.46. The third kappa shape index (κ3) is 8.24. The van der Waals surface area contributed by atoms with Gasteiger partial charge in [0, 0.05) is 50.4 Å². The van der Waals surface area contributed by atoms with Gasteiger partial charge >= 0.3 is 0 Å². The molecule has 0 spiro atoms. The average Bonchev–Trinajstić information content (AvgIpc) is 0.871. The molecule has 14 aromatic rings. The second-order valence-electron chi connectivity index (χ2n) is 24.1. The Morgan fingerprint density at radius 2 is 0.659 bits per heavy atom. The second-order valence-corrected chi connectivity index (χ2v) is 24.1. The molecule has 3 aliphatic carbocycles. The molecule has 17 rings (SSSR count). The van der Waals surface area contributed by atoms with E-state index in [1.807, 2.05) is 12.1 Å². The van der Waals surface area contributed by atoms with Crippen LogP contribution in [0.1, 0.15) is 70.5 Å². The predicted molar refractivity (Wildman–Crippen MR) is 364 cm³/mol. The van der Waals surface area contributed by atoms with Crippen LogP contribution in [0.3, 0.4) is 0 Å². The van der Waals surface area contributed by atoms with Crippen LogP contribution in [0.4, 0.5) is 0 Å². The Morgan fingerprint density at radius 1 is 0.284 bits per heavy atom. The number of benzene rings is 12. The van der Waals surface area contributed by atoms with E-state index in [4.69, 9.17) is 15.0 Å². The predicted octanol–water partition coefficient (Wildman–Crippen LogP) is 21.0. The summed E-state index contributed by atoms with van der Waals surface area (Å²) in [5.74, 6) is 1.67. The lowest BCUT2D eigenvalue weighted by atomic mass is 9.58. The molecule has 12 aromatic carbocycles. The summed E-state index contributed by atoms with van der Waals surface area (Å²) in [6.07, 6.45) is 0. The molecule has 0 saturated carbocycles. The van der Waals surface area contributed by atoms with Gasteiger partial charge in [-0.15, -0.1) is 0 Å². The summed E-state index contributed by atoms with van der Waals surface area (Å²) in [5.41, 5.74) is 27.9. The van der Waals surface area contributed by atoms with Gasteiger partial charge in [-0.3, -0.25) is 0 Å². The highest BCUT2D eigenvalue weighted by atomic mass is 15.0. The van der Waals surface area contributed by atoms with E-state index in [9.17, 15) is 0 Å². The van der Waals surface area contributed by atoms with Crippen molar-refractivity contribution in [2.75, 3.05) is 0 Å². The van der Waals surface area contributed by atoms with Gasteiger partial charge in [0.1, 0.15) is 0 Å². The highest BCUT2D eigenvalue weighted by molar-refractivity contribution is 6.26. The first kappa shape index (κ1) is 51.4. The molecule has 3 aliphatic rings. The number of allylic oxidation sites excluding steroid dienone is 4. The summed E-state index contributed by atoms with van der Waals surface area (Å²) in [7, 11) is 0. The minimum Gasteiger partial charge on any atom is -0.309 e. The van der Waals surface area contributed by atoms with E-state index in [2.05, 4.69) is 310 Å². The maximum atomic E-state index is 5.70. The third-order valence-corrected chi connectivity index (χ3v) is 18.9. The van der Waals surface area contributed by atoms with E-state index in [-0.39, 0.29) is 11.8 Å². The second kappa shape index (κ2) is 20.6. The Morgan fingerprint density at radius 3 is 1.14 bits per heavy atom. The first-order valence-corrected chi connectivity index (χ1v) is 30.6. The SMILES string of the molecule is CC1(C)c2cc(C3=C(c4ccccc4)C4c5ccccc5-c5ccccc5C4C(c4ccccc4)=C3c3nc(-c4ccccc4)nc(-c4ccccc4)n3)ccc2-c2ccc(-n3c4ccc(-c5ccccc5)cc4c4cc(-c5ccccc5)ccc43)cc21. The van der Waals surface area contributed by atoms with Crippen molar-refractivity contribution >= 4 is 44.1 Å². The first-order chi connectivity index (χ1) is 43.4. The fraction of sp³-hybridized carbons (Fsp3) is 0.0595. The van der Waals surface area contributed by atoms with Gasteiger partial charge in [0.05, 0.1) is 11.0 Å². The lowest BCUT2D eigenvalue weighted by Gasteiger charge is -2.44. The largest absolute Gasteiger partial charge is 0.309 e. The molecule has 4 heteroatoms. The maximum absolute atomic E-state index is 5.70. The van der Waals surface area contributed by atoms with E-state index in [0.717, 1.165) is 44.7 Å². The molecule has 0 radical (unpaired) electrons. The molecule has 2 unspecified atom stereocenters. The fourth-order valence-corrected chi connectivity index (χ4v) is 14.9. The van der Waals surface area contributed by atoms with Crippen molar-refractivity contribution in [3.8, 4) is 73.0 Å². The molecule has 0 N–H and O–H groups in total. The van der Waals surface area contributed by atoms with Gasteiger partial charge in [-0.1, -0.05) is 275 Å². The molecule has 2 heterocycles. The average molecular weight is 1120 g/mol. The van der Waals surface area contributed by atoms with Gasteiger partial charge in [-0.2, -0.15) is 0 Å². The molecule has 4 nitrogen and oxygen atoms in total. The number of rotatable bonds is 9. The van der Waals surface area contributed by atoms with Crippen LogP contribution in [-0.2, 0) is 5.41 Å². The normalized spacial score (nSPS) is 15.4. The summed E-state index contributed by atoms with van der Waals surface area (Å²) in [4.78, 5) is 16.7. The van der Waals surface area contributed by atoms with Crippen LogP contribution >= 0.6 is 0 Å². The molecule has 2 atom stereocenters. The van der Waals surface area contributed by atoms with Crippen molar-refractivity contribution < 1.29 is 0 Å². The molecular formula is C84H58N4. The van der Waals surface area contributed by atoms with Gasteiger partial charge in [0.25, 0.3) is 0 Å². The smallest absolute Gasteiger partial charge is 0.165 e. The lowest BCUT2D eigenvalue weighted by molar-refractivity contribution is 0.659. The Hall–Kier alpha value is -11.1. The molecule has 414 valence electrons. The van der Waals surface area contributed by atoms with Gasteiger partial charge in [0.15, 0.2) is 17.5 Å². The summed E-state index contributed by atoms with van der Waals surface area (Å²) in [6.45, 7) is 4.84. The van der Waals surface area contributed by atoms with E-state index in [0.29, 0.717) is 17.5 Å². The molecule has 0 amide bonds. The van der Waals surface area contributed by atoms with Crippen LogP contribution < -0.4 is 0 Å². The number of hydrogen-bond donors (Lipinski definition) is 0. The van der Waals surface area contributed by atoms with Crippen LogP contribution in [-0.4, -0.2) is 19.5 Å². The standard InChI is InChI=1S/C84H58N4/c1-84(2)71-51-61(41-45-65(71)66-46-44-62(52-72(66)84)88-73-47-42-59(53-25-9-3-10-26-53)49-69(73)70-50-60(43-48-74(70)88)54-27-11-4-12-28-54)77-75(55-29-13-5-14-30-55)78-67-39-23-21-37-63(67)64-38-22-24-40-68(64)79(78)76(56-31-15-6-16-32-56)80(77)83-86-81(57-33-17-7-18-34-57)85-82(87-83)58-35-19-8-20-36-58/h3-52,78-79H,1-2H3. The maximum Gasteiger partial charge on any atom is 0.165 e. The van der Waals surface area contributed by atoms with Crippen LogP contribution in [0.15, 0.2) is 303 Å². The fourth-order valence-electron chi connectivity index (χ4n) is 14.9. The zero-order valence-electron chi connectivity index (χ0n) is 48.8. The minimum atomic E-state index is -0.405. The Kier molecular flexibility index (Phi) is 12.0. The Bertz CT molecular complexity index is 4980. The summed E-state index contributed by atoms with van der Waals surface area (Å²) < 4.78 is 2.48. The highest BCUT2D eigenvalue weighted by Crippen LogP contribution is 2.65. The van der Waals surface area contributed by atoms with Crippen molar-refractivity contribution in [2.24, 2.45) is 0 Å². The van der Waals surface area contributed by atoms with Crippen molar-refractivity contribution in [3.63, 3.8) is 0 Å². The number of hydrogen-bond acceptors (Lipinski definition) is 3. The zero-order valence-corrected chi connectivity index (χ0v) is 48.8. The van der Waals surface area contributed by atoms with Crippen molar-refractivity contribution in [1.82, 2.24) is 19.5 Å². The Balaban J connectivity index is 0.914. The van der Waals surface area contributed by atoms with Crippen LogP contribution in [0.5, 0.6) is 0 Å². The van der Waals surface area contributed by atoms with Crippen LogP contribution in [0, 0.1) is 0 Å². The van der Waals surface area contributed by atoms with Gasteiger partial charge in [0.2, 0.25) is 0 Å². The quantitative estimate of drug-likeness (QED) is 0.145. The van der Waals surface area contributed by atoms with Crippen molar-refractivity contribution in [3.05, 3.63) is 348 Å². The topological polar surface area (TPSA) is 43.6 Å². The van der Waals surface area contributed by atoms with Crippen LogP contribution in [0.2, 0.25) is 0 Å². The summed E-state index contributed by atoms with van der Waals surface area (Å²) in [6, 6.07) is 111. The van der Waals surface area contributed by atoms with Gasteiger partial charge in [-0.25, -0.2) is 15.0 Å². The van der Waals surface area contributed by atoms with Gasteiger partial charge < -0.3 is 4.57 Å². The number of fused-ring (bicyclic) bond motifs is 12. The minimum absolute atomic E-state index is 0.0914. The molecular weight excluding hydrogens is 1060 g/mol. The summed E-state index contributed by atoms with van der Waals surface area (Å²) in [5, 5.41) is 2.46. The Labute approximate surface area is 512 Å². The molecule has 2 aromatic heterocycles. The first-order valence-electron chi connectivity index (χ1n) is 30.6. The van der Waals surface area contributed by atoms with Crippen molar-refractivity contribution in [1.29, 1.82) is 0 Å². The zero-order chi connectivity index (χ0) is 58.5. The lowest BCUT2D eigenvalue weighted by Crippen LogP contribution is -2.26. The van der Waals surface area contributed by atoms with E-state index in [1.165, 1.54) is 99.7 Å². The molecule has 0 bridgehead atoms. The molecule has 88 heavy (non-hydrogen) atoms.